The number of alkyl halides is 3. The molecule has 3 rings (SSSR count). The highest BCUT2D eigenvalue weighted by molar-refractivity contribution is 7.71. The molecule has 0 saturated heterocycles. The van der Waals surface area contributed by atoms with Crippen LogP contribution in [0.25, 0.3) is 22.4 Å². The van der Waals surface area contributed by atoms with E-state index in [1.807, 2.05) is 0 Å². The fourth-order valence-electron chi connectivity index (χ4n) is 2.47. The van der Waals surface area contributed by atoms with Gasteiger partial charge in [0.1, 0.15) is 16.4 Å². The van der Waals surface area contributed by atoms with E-state index in [0.29, 0.717) is 16.7 Å². The number of hydrogen-bond acceptors (Lipinski definition) is 4. The minimum Gasteiger partial charge on any atom is -0.350 e. The van der Waals surface area contributed by atoms with Crippen LogP contribution in [0.15, 0.2) is 59.1 Å². The van der Waals surface area contributed by atoms with Gasteiger partial charge in [0.2, 0.25) is 5.76 Å². The maximum absolute atomic E-state index is 13.3. The second-order valence-corrected chi connectivity index (χ2v) is 6.27. The molecule has 0 aliphatic carbocycles. The number of hydrogen-bond donors (Lipinski definition) is 1. The van der Waals surface area contributed by atoms with Crippen molar-refractivity contribution in [1.82, 2.24) is 5.16 Å². The lowest BCUT2D eigenvalue weighted by molar-refractivity contribution is -0.154. The predicted octanol–water partition coefficient (Wildman–Crippen LogP) is 4.14. The summed E-state index contributed by atoms with van der Waals surface area (Å²) in [5, 5.41) is 3.61. The maximum Gasteiger partial charge on any atom is 0.453 e. The molecule has 0 atom stereocenters. The molecule has 130 valence electrons. The van der Waals surface area contributed by atoms with E-state index in [2.05, 4.69) is 9.68 Å². The van der Waals surface area contributed by atoms with E-state index >= 15 is 0 Å². The summed E-state index contributed by atoms with van der Waals surface area (Å²) in [6.45, 7) is 0. The van der Waals surface area contributed by atoms with Gasteiger partial charge < -0.3 is 4.52 Å². The van der Waals surface area contributed by atoms with Gasteiger partial charge in [-0.1, -0.05) is 59.8 Å². The monoisotopic (exact) mass is 367 g/mol. The Morgan fingerprint density at radius 3 is 2.12 bits per heavy atom. The minimum absolute atomic E-state index is 0.0524. The molecule has 2 aromatic carbocycles. The van der Waals surface area contributed by atoms with Crippen molar-refractivity contribution in [2.45, 2.75) is 11.9 Å². The zero-order chi connectivity index (χ0) is 18.0. The Balaban J connectivity index is 2.12. The summed E-state index contributed by atoms with van der Waals surface area (Å²) in [5.74, 6) is -1.30. The largest absolute Gasteiger partial charge is 0.453 e. The van der Waals surface area contributed by atoms with Crippen LogP contribution in [0.3, 0.4) is 0 Å². The van der Waals surface area contributed by atoms with E-state index in [1.54, 1.807) is 30.3 Å². The Hall–Kier alpha value is -2.61. The van der Waals surface area contributed by atoms with Crippen molar-refractivity contribution in [2.24, 2.45) is 0 Å². The van der Waals surface area contributed by atoms with Gasteiger partial charge in [-0.2, -0.15) is 13.2 Å². The van der Waals surface area contributed by atoms with Crippen molar-refractivity contribution in [2.75, 3.05) is 0 Å². The molecule has 0 bridgehead atoms. The third-order valence-corrected chi connectivity index (χ3v) is 4.17. The van der Waals surface area contributed by atoms with Crippen molar-refractivity contribution >= 4 is 10.7 Å². The first kappa shape index (κ1) is 17.2. The number of benzene rings is 2. The van der Waals surface area contributed by atoms with Crippen LogP contribution in [0.5, 0.6) is 0 Å². The number of thiol groups is 1. The van der Waals surface area contributed by atoms with Gasteiger partial charge in [0, 0.05) is 5.56 Å². The molecule has 0 fully saturated rings. The Labute approximate surface area is 142 Å². The maximum atomic E-state index is 13.3. The first-order chi connectivity index (χ1) is 11.9. The molecule has 0 spiro atoms. The molecule has 0 amide bonds. The van der Waals surface area contributed by atoms with E-state index < -0.39 is 22.6 Å². The molecule has 0 saturated carbocycles. The van der Waals surface area contributed by atoms with E-state index in [9.17, 15) is 21.6 Å². The van der Waals surface area contributed by atoms with Crippen LogP contribution in [-0.2, 0) is 22.6 Å². The quantitative estimate of drug-likeness (QED) is 0.704. The smallest absolute Gasteiger partial charge is 0.350 e. The number of halogens is 3. The van der Waals surface area contributed by atoms with Crippen molar-refractivity contribution < 1.29 is 26.1 Å². The zero-order valence-electron chi connectivity index (χ0n) is 12.7. The molecule has 0 radical (unpaired) electrons. The fraction of sp³-hybridized carbons (Fsp3) is 0.118. The van der Waals surface area contributed by atoms with Crippen LogP contribution in [0.2, 0.25) is 0 Å². The average molecular weight is 367 g/mol. The summed E-state index contributed by atoms with van der Waals surface area (Å²) in [4.78, 5) is 0. The lowest BCUT2D eigenvalue weighted by Gasteiger charge is -2.07. The fourth-order valence-corrected chi connectivity index (χ4v) is 2.98. The normalized spacial score (nSPS) is 11.8. The molecule has 0 aliphatic heterocycles. The standard InChI is InChI=1S/C17H12F3NO3S/c18-17(19,20)16-14(12-4-2-1-3-5-12)15(21-24-16)13-8-6-11(7-9-13)10-25(22)23/h1-9,25H,10H2. The first-order valence-electron chi connectivity index (χ1n) is 7.19. The van der Waals surface area contributed by atoms with Gasteiger partial charge in [0.05, 0.1) is 11.3 Å². The highest BCUT2D eigenvalue weighted by Gasteiger charge is 2.41. The van der Waals surface area contributed by atoms with E-state index in [1.165, 1.54) is 24.3 Å². The molecular formula is C17H12F3NO3S. The highest BCUT2D eigenvalue weighted by Crippen LogP contribution is 2.42. The predicted molar refractivity (Wildman–Crippen MR) is 86.4 cm³/mol. The summed E-state index contributed by atoms with van der Waals surface area (Å²) < 4.78 is 65.9. The summed E-state index contributed by atoms with van der Waals surface area (Å²) in [7, 11) is -2.58. The Morgan fingerprint density at radius 2 is 1.56 bits per heavy atom. The lowest BCUT2D eigenvalue weighted by atomic mass is 9.98. The Morgan fingerprint density at radius 1 is 0.920 bits per heavy atom. The van der Waals surface area contributed by atoms with Crippen LogP contribution < -0.4 is 0 Å². The number of rotatable bonds is 4. The lowest BCUT2D eigenvalue weighted by Crippen LogP contribution is -2.05. The van der Waals surface area contributed by atoms with E-state index in [0.717, 1.165) is 0 Å². The van der Waals surface area contributed by atoms with Gasteiger partial charge >= 0.3 is 6.18 Å². The van der Waals surface area contributed by atoms with Gasteiger partial charge in [-0.15, -0.1) is 0 Å². The molecule has 0 N–H and O–H groups in total. The van der Waals surface area contributed by atoms with Crippen LogP contribution >= 0.6 is 0 Å². The van der Waals surface area contributed by atoms with Crippen LogP contribution in [0.4, 0.5) is 13.2 Å². The van der Waals surface area contributed by atoms with Crippen molar-refractivity contribution in [1.29, 1.82) is 0 Å². The second-order valence-electron chi connectivity index (χ2n) is 5.29. The number of aromatic nitrogens is 1. The van der Waals surface area contributed by atoms with E-state index in [4.69, 9.17) is 0 Å². The van der Waals surface area contributed by atoms with Crippen molar-refractivity contribution in [3.8, 4) is 22.4 Å². The van der Waals surface area contributed by atoms with Crippen molar-refractivity contribution in [3.63, 3.8) is 0 Å². The second kappa shape index (κ2) is 6.72. The SMILES string of the molecule is O=[SH](=O)Cc1ccc(-c2noc(C(F)(F)F)c2-c2ccccc2)cc1. The molecule has 25 heavy (non-hydrogen) atoms. The molecule has 8 heteroatoms. The third kappa shape index (κ3) is 3.74. The topological polar surface area (TPSA) is 60.2 Å². The Bertz CT molecular complexity index is 938. The summed E-state index contributed by atoms with van der Waals surface area (Å²) in [5.41, 5.74) is 1.19. The van der Waals surface area contributed by atoms with Gasteiger partial charge in [-0.3, -0.25) is 0 Å². The zero-order valence-corrected chi connectivity index (χ0v) is 13.6. The van der Waals surface area contributed by atoms with Crippen LogP contribution in [0.1, 0.15) is 11.3 Å². The molecule has 3 aromatic rings. The first-order valence-corrected chi connectivity index (χ1v) is 8.56. The molecule has 0 aliphatic rings. The van der Waals surface area contributed by atoms with E-state index in [-0.39, 0.29) is 17.0 Å². The highest BCUT2D eigenvalue weighted by atomic mass is 32.2. The van der Waals surface area contributed by atoms with Crippen molar-refractivity contribution in [3.05, 3.63) is 65.9 Å². The van der Waals surface area contributed by atoms with Gasteiger partial charge in [0.15, 0.2) is 0 Å². The minimum atomic E-state index is -4.68. The summed E-state index contributed by atoms with van der Waals surface area (Å²) >= 11 is 0. The molecular weight excluding hydrogens is 355 g/mol. The molecule has 1 aromatic heterocycles. The van der Waals surface area contributed by atoms with Crippen LogP contribution in [-0.4, -0.2) is 13.6 Å². The number of nitrogens with zero attached hydrogens (tertiary/aromatic N) is 1. The molecule has 4 nitrogen and oxygen atoms in total. The summed E-state index contributed by atoms with van der Waals surface area (Å²) in [6, 6.07) is 14.2. The molecule has 1 heterocycles. The molecule has 0 unspecified atom stereocenters. The average Bonchev–Trinajstić information content (AvgIpc) is 3.01. The summed E-state index contributed by atoms with van der Waals surface area (Å²) in [6.07, 6.45) is -4.68. The third-order valence-electron chi connectivity index (χ3n) is 3.55. The Kier molecular flexibility index (Phi) is 4.63. The van der Waals surface area contributed by atoms with Crippen LogP contribution in [0, 0.1) is 0 Å². The van der Waals surface area contributed by atoms with Gasteiger partial charge in [-0.25, -0.2) is 8.42 Å². The van der Waals surface area contributed by atoms with Gasteiger partial charge in [0.25, 0.3) is 0 Å². The van der Waals surface area contributed by atoms with Gasteiger partial charge in [-0.05, 0) is 11.1 Å².